The van der Waals surface area contributed by atoms with Gasteiger partial charge in [-0.25, -0.2) is 0 Å². The zero-order valence-electron chi connectivity index (χ0n) is 15.9. The number of anilines is 1. The molecule has 3 rings (SSSR count). The number of benzene rings is 2. The van der Waals surface area contributed by atoms with Crippen molar-refractivity contribution in [2.75, 3.05) is 11.9 Å². The SMILES string of the molecule is CC(C)(C(=O)NCCc1c[nH]c2ccccc12)C(=O)Nc1cccc(C#N)c1. The van der Waals surface area contributed by atoms with E-state index in [0.29, 0.717) is 24.2 Å². The van der Waals surface area contributed by atoms with Gasteiger partial charge in [-0.05, 0) is 50.1 Å². The Bertz CT molecular complexity index is 1060. The van der Waals surface area contributed by atoms with E-state index in [1.807, 2.05) is 36.5 Å². The van der Waals surface area contributed by atoms with Crippen LogP contribution in [0.25, 0.3) is 10.9 Å². The number of para-hydroxylation sites is 1. The van der Waals surface area contributed by atoms with Gasteiger partial charge in [-0.2, -0.15) is 5.26 Å². The molecule has 0 saturated heterocycles. The summed E-state index contributed by atoms with van der Waals surface area (Å²) in [5.41, 5.74) is 1.86. The van der Waals surface area contributed by atoms with E-state index < -0.39 is 11.3 Å². The van der Waals surface area contributed by atoms with Crippen LogP contribution >= 0.6 is 0 Å². The largest absolute Gasteiger partial charge is 0.361 e. The number of nitrogens with one attached hydrogen (secondary N) is 3. The monoisotopic (exact) mass is 374 g/mol. The van der Waals surface area contributed by atoms with Gasteiger partial charge in [0.15, 0.2) is 0 Å². The van der Waals surface area contributed by atoms with E-state index in [1.165, 1.54) is 0 Å². The van der Waals surface area contributed by atoms with Crippen LogP contribution in [0.2, 0.25) is 0 Å². The average Bonchev–Trinajstić information content (AvgIpc) is 3.11. The molecule has 2 aromatic carbocycles. The first kappa shape index (κ1) is 19.2. The predicted octanol–water partition coefficient (Wildman–Crippen LogP) is 3.36. The van der Waals surface area contributed by atoms with E-state index in [9.17, 15) is 9.59 Å². The Morgan fingerprint density at radius 3 is 2.68 bits per heavy atom. The number of hydrogen-bond donors (Lipinski definition) is 3. The van der Waals surface area contributed by atoms with Crippen LogP contribution in [-0.2, 0) is 16.0 Å². The Kier molecular flexibility index (Phi) is 5.46. The number of fused-ring (bicyclic) bond motifs is 1. The van der Waals surface area contributed by atoms with Gasteiger partial charge in [-0.1, -0.05) is 24.3 Å². The van der Waals surface area contributed by atoms with E-state index in [0.717, 1.165) is 16.5 Å². The summed E-state index contributed by atoms with van der Waals surface area (Å²) in [6.45, 7) is 3.59. The molecule has 0 saturated carbocycles. The molecule has 0 atom stereocenters. The summed E-state index contributed by atoms with van der Waals surface area (Å²) in [4.78, 5) is 28.4. The number of nitrogens with zero attached hydrogens (tertiary/aromatic N) is 1. The van der Waals surface area contributed by atoms with E-state index in [2.05, 4.69) is 15.6 Å². The zero-order valence-corrected chi connectivity index (χ0v) is 15.9. The van der Waals surface area contributed by atoms with Gasteiger partial charge in [0.25, 0.3) is 0 Å². The number of carbonyl (C=O) groups is 2. The molecule has 28 heavy (non-hydrogen) atoms. The van der Waals surface area contributed by atoms with Gasteiger partial charge in [0.2, 0.25) is 11.8 Å². The van der Waals surface area contributed by atoms with Crippen LogP contribution in [-0.4, -0.2) is 23.3 Å². The topological polar surface area (TPSA) is 97.8 Å². The normalized spacial score (nSPS) is 11.0. The quantitative estimate of drug-likeness (QED) is 0.577. The molecular weight excluding hydrogens is 352 g/mol. The lowest BCUT2D eigenvalue weighted by Gasteiger charge is -2.22. The third-order valence-corrected chi connectivity index (χ3v) is 4.74. The molecule has 0 aliphatic heterocycles. The summed E-state index contributed by atoms with van der Waals surface area (Å²) in [6, 6.07) is 16.6. The fraction of sp³-hybridized carbons (Fsp3) is 0.227. The fourth-order valence-electron chi connectivity index (χ4n) is 2.93. The van der Waals surface area contributed by atoms with Gasteiger partial charge in [-0.15, -0.1) is 0 Å². The van der Waals surface area contributed by atoms with Crippen molar-refractivity contribution in [2.24, 2.45) is 5.41 Å². The van der Waals surface area contributed by atoms with E-state index in [1.54, 1.807) is 38.1 Å². The van der Waals surface area contributed by atoms with Crippen LogP contribution in [0.1, 0.15) is 25.0 Å². The minimum Gasteiger partial charge on any atom is -0.361 e. The van der Waals surface area contributed by atoms with Crippen molar-refractivity contribution in [3.8, 4) is 6.07 Å². The maximum Gasteiger partial charge on any atom is 0.239 e. The highest BCUT2D eigenvalue weighted by Crippen LogP contribution is 2.21. The second-order valence-electron chi connectivity index (χ2n) is 7.14. The summed E-state index contributed by atoms with van der Waals surface area (Å²) >= 11 is 0. The number of aromatic nitrogens is 1. The van der Waals surface area contributed by atoms with Crippen molar-refractivity contribution in [1.29, 1.82) is 5.26 Å². The van der Waals surface area contributed by atoms with Gasteiger partial charge in [-0.3, -0.25) is 9.59 Å². The molecule has 0 unspecified atom stereocenters. The Hall–Kier alpha value is -3.59. The summed E-state index contributed by atoms with van der Waals surface area (Å²) in [6.07, 6.45) is 2.61. The lowest BCUT2D eigenvalue weighted by molar-refractivity contribution is -0.138. The molecule has 6 heteroatoms. The van der Waals surface area contributed by atoms with Crippen LogP contribution in [0.15, 0.2) is 54.7 Å². The average molecular weight is 374 g/mol. The summed E-state index contributed by atoms with van der Waals surface area (Å²) < 4.78 is 0. The van der Waals surface area contributed by atoms with Crippen molar-refractivity contribution < 1.29 is 9.59 Å². The number of H-pyrrole nitrogens is 1. The molecule has 1 aromatic heterocycles. The summed E-state index contributed by atoms with van der Waals surface area (Å²) in [5, 5.41) is 15.6. The fourth-order valence-corrected chi connectivity index (χ4v) is 2.93. The highest BCUT2D eigenvalue weighted by Gasteiger charge is 2.35. The third kappa shape index (κ3) is 4.04. The number of nitriles is 1. The molecule has 6 nitrogen and oxygen atoms in total. The number of rotatable bonds is 6. The Balaban J connectivity index is 1.59. The lowest BCUT2D eigenvalue weighted by Crippen LogP contribution is -2.45. The predicted molar refractivity (Wildman–Crippen MR) is 109 cm³/mol. The van der Waals surface area contributed by atoms with Gasteiger partial charge in [0, 0.05) is 29.3 Å². The third-order valence-electron chi connectivity index (χ3n) is 4.74. The Morgan fingerprint density at radius 1 is 1.11 bits per heavy atom. The van der Waals surface area contributed by atoms with Crippen LogP contribution < -0.4 is 10.6 Å². The molecular formula is C22H22N4O2. The second-order valence-corrected chi connectivity index (χ2v) is 7.14. The van der Waals surface area contributed by atoms with Crippen LogP contribution in [0.3, 0.4) is 0 Å². The van der Waals surface area contributed by atoms with E-state index in [-0.39, 0.29) is 5.91 Å². The molecule has 0 fully saturated rings. The molecule has 0 radical (unpaired) electrons. The lowest BCUT2D eigenvalue weighted by atomic mass is 9.90. The minimum atomic E-state index is -1.25. The number of carbonyl (C=O) groups excluding carboxylic acids is 2. The summed E-state index contributed by atoms with van der Waals surface area (Å²) in [5.74, 6) is -0.770. The van der Waals surface area contributed by atoms with Crippen molar-refractivity contribution >= 4 is 28.4 Å². The molecule has 0 aliphatic rings. The first-order valence-corrected chi connectivity index (χ1v) is 9.07. The molecule has 1 heterocycles. The Morgan fingerprint density at radius 2 is 1.89 bits per heavy atom. The van der Waals surface area contributed by atoms with Crippen LogP contribution in [0, 0.1) is 16.7 Å². The van der Waals surface area contributed by atoms with Crippen molar-refractivity contribution in [3.63, 3.8) is 0 Å². The first-order valence-electron chi connectivity index (χ1n) is 9.07. The van der Waals surface area contributed by atoms with Gasteiger partial charge in [0.1, 0.15) is 5.41 Å². The van der Waals surface area contributed by atoms with Crippen molar-refractivity contribution in [2.45, 2.75) is 20.3 Å². The van der Waals surface area contributed by atoms with Crippen LogP contribution in [0.5, 0.6) is 0 Å². The standard InChI is InChI=1S/C22H22N4O2/c1-22(2,21(28)26-17-7-5-6-15(12-17)13-23)20(27)24-11-10-16-14-25-19-9-4-3-8-18(16)19/h3-9,12,14,25H,10-11H2,1-2H3,(H,24,27)(H,26,28). The van der Waals surface area contributed by atoms with Gasteiger partial charge < -0.3 is 15.6 Å². The maximum absolute atomic E-state index is 12.6. The molecule has 3 aromatic rings. The Labute approximate surface area is 163 Å². The molecule has 2 amide bonds. The zero-order chi connectivity index (χ0) is 20.1. The number of amides is 2. The van der Waals surface area contributed by atoms with Crippen molar-refractivity contribution in [3.05, 3.63) is 65.9 Å². The molecule has 0 spiro atoms. The summed E-state index contributed by atoms with van der Waals surface area (Å²) in [7, 11) is 0. The smallest absolute Gasteiger partial charge is 0.239 e. The molecule has 0 bridgehead atoms. The highest BCUT2D eigenvalue weighted by atomic mass is 16.2. The molecule has 3 N–H and O–H groups in total. The van der Waals surface area contributed by atoms with Crippen LogP contribution in [0.4, 0.5) is 5.69 Å². The number of hydrogen-bond acceptors (Lipinski definition) is 3. The van der Waals surface area contributed by atoms with E-state index >= 15 is 0 Å². The van der Waals surface area contributed by atoms with Crippen molar-refractivity contribution in [1.82, 2.24) is 10.3 Å². The first-order chi connectivity index (χ1) is 13.4. The second kappa shape index (κ2) is 7.97. The van der Waals surface area contributed by atoms with Gasteiger partial charge >= 0.3 is 0 Å². The van der Waals surface area contributed by atoms with E-state index in [4.69, 9.17) is 5.26 Å². The molecule has 0 aliphatic carbocycles. The highest BCUT2D eigenvalue weighted by molar-refractivity contribution is 6.09. The number of aromatic amines is 1. The minimum absolute atomic E-state index is 0.346. The van der Waals surface area contributed by atoms with Gasteiger partial charge in [0.05, 0.1) is 11.6 Å². The molecule has 142 valence electrons. The maximum atomic E-state index is 12.6.